The Labute approximate surface area is 180 Å². The fourth-order valence-corrected chi connectivity index (χ4v) is 4.64. The van der Waals surface area contributed by atoms with Crippen molar-refractivity contribution in [3.63, 3.8) is 0 Å². The van der Waals surface area contributed by atoms with Gasteiger partial charge in [-0.1, -0.05) is 36.7 Å². The Morgan fingerprint density at radius 3 is 2.57 bits per heavy atom. The lowest BCUT2D eigenvalue weighted by Gasteiger charge is -2.34. The Morgan fingerprint density at radius 1 is 1.10 bits per heavy atom. The molecule has 0 spiro atoms. The van der Waals surface area contributed by atoms with Crippen molar-refractivity contribution in [3.8, 4) is 5.75 Å². The van der Waals surface area contributed by atoms with Gasteiger partial charge in [0.15, 0.2) is 5.78 Å². The van der Waals surface area contributed by atoms with E-state index in [1.54, 1.807) is 6.07 Å². The first-order chi connectivity index (χ1) is 14.5. The molecule has 6 heteroatoms. The number of nitrogens with one attached hydrogen (secondary N) is 1. The largest absolute Gasteiger partial charge is 0.494 e. The molecule has 4 nitrogen and oxygen atoms in total. The topological polar surface area (TPSA) is 55.4 Å². The van der Waals surface area contributed by atoms with E-state index in [2.05, 4.69) is 5.32 Å². The van der Waals surface area contributed by atoms with Gasteiger partial charge < -0.3 is 10.1 Å². The summed E-state index contributed by atoms with van der Waals surface area (Å²) < 4.78 is 20.2. The number of carbonyl (C=O) groups excluding carboxylic acids is 2. The number of benzene rings is 2. The number of ketones is 1. The van der Waals surface area contributed by atoms with Crippen LogP contribution in [0.1, 0.15) is 55.6 Å². The van der Waals surface area contributed by atoms with Crippen LogP contribution in [0.5, 0.6) is 5.75 Å². The number of allylic oxidation sites excluding steroid dienone is 2. The molecule has 0 saturated carbocycles. The number of rotatable bonds is 5. The molecule has 156 valence electrons. The fourth-order valence-electron chi connectivity index (χ4n) is 4.34. The molecule has 30 heavy (non-hydrogen) atoms. The number of hydrogen-bond acceptors (Lipinski definition) is 3. The van der Waals surface area contributed by atoms with E-state index < -0.39 is 11.7 Å². The Balaban J connectivity index is 1.64. The average Bonchev–Trinajstić information content (AvgIpc) is 2.72. The molecule has 2 aliphatic rings. The second-order valence-corrected chi connectivity index (χ2v) is 8.19. The second kappa shape index (κ2) is 8.60. The van der Waals surface area contributed by atoms with E-state index in [0.29, 0.717) is 30.7 Å². The highest BCUT2D eigenvalue weighted by molar-refractivity contribution is 6.31. The molecule has 2 unspecified atom stereocenters. The van der Waals surface area contributed by atoms with Crippen LogP contribution in [-0.2, 0) is 9.59 Å². The molecule has 1 amide bonds. The normalized spacial score (nSPS) is 21.3. The van der Waals surface area contributed by atoms with Crippen molar-refractivity contribution >= 4 is 23.3 Å². The lowest BCUT2D eigenvalue weighted by Crippen LogP contribution is -2.38. The minimum absolute atomic E-state index is 0.0133. The maximum Gasteiger partial charge on any atom is 0.225 e. The van der Waals surface area contributed by atoms with Gasteiger partial charge in [0.05, 0.1) is 6.61 Å². The van der Waals surface area contributed by atoms with E-state index in [1.165, 1.54) is 12.1 Å². The van der Waals surface area contributed by atoms with Gasteiger partial charge in [-0.2, -0.15) is 0 Å². The van der Waals surface area contributed by atoms with Crippen LogP contribution in [0.4, 0.5) is 4.39 Å². The highest BCUT2D eigenvalue weighted by Gasteiger charge is 2.39. The zero-order valence-corrected chi connectivity index (χ0v) is 17.5. The zero-order chi connectivity index (χ0) is 21.3. The SMILES string of the molecule is CCCOc1ccc(C2CC(=O)C3=C(C2)NC(=O)CC3c2c(F)cccc2Cl)cc1. The smallest absolute Gasteiger partial charge is 0.225 e. The Kier molecular flexibility index (Phi) is 5.91. The predicted molar refractivity (Wildman–Crippen MR) is 113 cm³/mol. The van der Waals surface area contributed by atoms with E-state index in [9.17, 15) is 14.0 Å². The van der Waals surface area contributed by atoms with Crippen LogP contribution >= 0.6 is 11.6 Å². The summed E-state index contributed by atoms with van der Waals surface area (Å²) in [7, 11) is 0. The van der Waals surface area contributed by atoms with Gasteiger partial charge in [0, 0.05) is 40.6 Å². The van der Waals surface area contributed by atoms with Gasteiger partial charge in [-0.15, -0.1) is 0 Å². The lowest BCUT2D eigenvalue weighted by atomic mass is 9.73. The van der Waals surface area contributed by atoms with Gasteiger partial charge in [0.25, 0.3) is 0 Å². The lowest BCUT2D eigenvalue weighted by molar-refractivity contribution is -0.122. The average molecular weight is 428 g/mol. The van der Waals surface area contributed by atoms with Crippen LogP contribution in [0.2, 0.25) is 5.02 Å². The van der Waals surface area contributed by atoms with Gasteiger partial charge in [-0.3, -0.25) is 9.59 Å². The van der Waals surface area contributed by atoms with Crippen LogP contribution < -0.4 is 10.1 Å². The molecule has 0 fully saturated rings. The second-order valence-electron chi connectivity index (χ2n) is 7.78. The fraction of sp³-hybridized carbons (Fsp3) is 0.333. The Hall–Kier alpha value is -2.66. The van der Waals surface area contributed by atoms with Crippen LogP contribution in [0.25, 0.3) is 0 Å². The van der Waals surface area contributed by atoms with Crippen molar-refractivity contribution < 1.29 is 18.7 Å². The van der Waals surface area contributed by atoms with Crippen molar-refractivity contribution in [2.24, 2.45) is 0 Å². The summed E-state index contributed by atoms with van der Waals surface area (Å²) in [5.74, 6) is -0.700. The zero-order valence-electron chi connectivity index (χ0n) is 16.7. The number of halogens is 2. The minimum Gasteiger partial charge on any atom is -0.494 e. The van der Waals surface area contributed by atoms with E-state index in [-0.39, 0.29) is 34.6 Å². The van der Waals surface area contributed by atoms with Gasteiger partial charge >= 0.3 is 0 Å². The Morgan fingerprint density at radius 2 is 1.87 bits per heavy atom. The maximum atomic E-state index is 14.6. The highest BCUT2D eigenvalue weighted by Crippen LogP contribution is 2.44. The van der Waals surface area contributed by atoms with Crippen LogP contribution in [0.3, 0.4) is 0 Å². The van der Waals surface area contributed by atoms with Gasteiger partial charge in [0.1, 0.15) is 11.6 Å². The van der Waals surface area contributed by atoms with Gasteiger partial charge in [0.2, 0.25) is 5.91 Å². The third-order valence-electron chi connectivity index (χ3n) is 5.71. The first-order valence-corrected chi connectivity index (χ1v) is 10.6. The van der Waals surface area contributed by atoms with Crippen LogP contribution in [0.15, 0.2) is 53.7 Å². The number of Topliss-reactive ketones (excluding diaryl/α,β-unsaturated/α-hetero) is 1. The first-order valence-electron chi connectivity index (χ1n) is 10.2. The van der Waals surface area contributed by atoms with E-state index in [1.807, 2.05) is 31.2 Å². The predicted octanol–water partition coefficient (Wildman–Crippen LogP) is 5.27. The molecule has 0 radical (unpaired) electrons. The molecule has 0 saturated heterocycles. The van der Waals surface area contributed by atoms with Crippen molar-refractivity contribution in [2.75, 3.05) is 6.61 Å². The number of hydrogen-bond donors (Lipinski definition) is 1. The number of ether oxygens (including phenoxy) is 1. The van der Waals surface area contributed by atoms with Crippen LogP contribution in [-0.4, -0.2) is 18.3 Å². The molecule has 2 atom stereocenters. The summed E-state index contributed by atoms with van der Waals surface area (Å²) in [6.45, 7) is 2.71. The van der Waals surface area contributed by atoms with E-state index in [0.717, 1.165) is 17.7 Å². The third kappa shape index (κ3) is 3.99. The molecule has 1 aliphatic heterocycles. The monoisotopic (exact) mass is 427 g/mol. The summed E-state index contributed by atoms with van der Waals surface area (Å²) in [4.78, 5) is 25.5. The third-order valence-corrected chi connectivity index (χ3v) is 6.04. The molecule has 1 N–H and O–H groups in total. The molecule has 2 aromatic rings. The van der Waals surface area contributed by atoms with Gasteiger partial charge in [-0.25, -0.2) is 4.39 Å². The molecule has 1 heterocycles. The molecule has 4 rings (SSSR count). The highest BCUT2D eigenvalue weighted by atomic mass is 35.5. The summed E-state index contributed by atoms with van der Waals surface area (Å²) in [6.07, 6.45) is 1.78. The maximum absolute atomic E-state index is 14.6. The molecular weight excluding hydrogens is 405 g/mol. The standard InChI is InChI=1S/C24H23ClFNO3/c1-2-10-30-16-8-6-14(7-9-16)15-11-20-24(21(28)12-15)17(13-22(29)27-20)23-18(25)4-3-5-19(23)26/h3-9,15,17H,2,10-13H2,1H3,(H,27,29). The van der Waals surface area contributed by atoms with Crippen molar-refractivity contribution in [1.82, 2.24) is 5.32 Å². The van der Waals surface area contributed by atoms with E-state index >= 15 is 0 Å². The summed E-state index contributed by atoms with van der Waals surface area (Å²) in [5, 5.41) is 3.09. The quantitative estimate of drug-likeness (QED) is 0.707. The number of carbonyl (C=O) groups is 2. The molecule has 0 bridgehead atoms. The van der Waals surface area contributed by atoms with E-state index in [4.69, 9.17) is 16.3 Å². The number of amides is 1. The molecular formula is C24H23ClFNO3. The van der Waals surface area contributed by atoms with Crippen molar-refractivity contribution in [2.45, 2.75) is 44.4 Å². The molecule has 0 aromatic heterocycles. The van der Waals surface area contributed by atoms with Crippen molar-refractivity contribution in [3.05, 3.63) is 75.7 Å². The van der Waals surface area contributed by atoms with Crippen molar-refractivity contribution in [1.29, 1.82) is 0 Å². The summed E-state index contributed by atoms with van der Waals surface area (Å²) in [6, 6.07) is 12.2. The van der Waals surface area contributed by atoms with Crippen LogP contribution in [0, 0.1) is 5.82 Å². The molecule has 2 aromatic carbocycles. The Bertz CT molecular complexity index is 995. The first kappa shape index (κ1) is 20.6. The summed E-state index contributed by atoms with van der Waals surface area (Å²) >= 11 is 6.25. The van der Waals surface area contributed by atoms with Gasteiger partial charge in [-0.05, 0) is 48.6 Å². The minimum atomic E-state index is -0.652. The summed E-state index contributed by atoms with van der Waals surface area (Å²) in [5.41, 5.74) is 2.31. The molecule has 1 aliphatic carbocycles.